The quantitative estimate of drug-likeness (QED) is 0.558. The topological polar surface area (TPSA) is 74.6 Å². The van der Waals surface area contributed by atoms with Gasteiger partial charge in [-0.2, -0.15) is 0 Å². The Morgan fingerprint density at radius 1 is 1.08 bits per heavy atom. The van der Waals surface area contributed by atoms with Crippen LogP contribution in [0, 0.1) is 0 Å². The maximum atomic E-state index is 12.9. The van der Waals surface area contributed by atoms with Crippen LogP contribution in [0.2, 0.25) is 5.02 Å². The van der Waals surface area contributed by atoms with E-state index in [1.165, 1.54) is 19.4 Å². The molecule has 0 aliphatic rings. The van der Waals surface area contributed by atoms with Gasteiger partial charge in [0.05, 0.1) is 24.4 Å². The molecular formula is C17H10ClNO5. The molecule has 7 heteroatoms. The lowest BCUT2D eigenvalue weighted by molar-refractivity contribution is 0.421. The highest BCUT2D eigenvalue weighted by atomic mass is 35.5. The van der Waals surface area contributed by atoms with E-state index in [1.807, 2.05) is 0 Å². The minimum Gasteiger partial charge on any atom is -0.495 e. The number of hydrogen-bond acceptors (Lipinski definition) is 5. The first kappa shape index (κ1) is 14.6. The molecule has 0 radical (unpaired) electrons. The zero-order valence-electron chi connectivity index (χ0n) is 12.4. The average molecular weight is 344 g/mol. The number of methoxy groups -OCH3 is 1. The lowest BCUT2D eigenvalue weighted by Gasteiger charge is -2.09. The van der Waals surface area contributed by atoms with Crippen molar-refractivity contribution >= 4 is 33.5 Å². The monoisotopic (exact) mass is 343 g/mol. The number of ether oxygens (including phenoxy) is 1. The molecular weight excluding hydrogens is 334 g/mol. The zero-order chi connectivity index (χ0) is 16.8. The Labute approximate surface area is 139 Å². The van der Waals surface area contributed by atoms with Gasteiger partial charge in [-0.3, -0.25) is 4.79 Å². The number of rotatable bonds is 2. The highest BCUT2D eigenvalue weighted by Crippen LogP contribution is 2.33. The Morgan fingerprint density at radius 3 is 2.54 bits per heavy atom. The highest BCUT2D eigenvalue weighted by molar-refractivity contribution is 6.30. The molecule has 0 saturated heterocycles. The van der Waals surface area contributed by atoms with Crippen molar-refractivity contribution in [2.75, 3.05) is 7.11 Å². The molecule has 0 spiro atoms. The smallest absolute Gasteiger partial charge is 0.427 e. The fraction of sp³-hybridized carbons (Fsp3) is 0.0588. The van der Waals surface area contributed by atoms with E-state index in [-0.39, 0.29) is 11.0 Å². The maximum absolute atomic E-state index is 12.9. The first-order valence-electron chi connectivity index (χ1n) is 7.00. The van der Waals surface area contributed by atoms with Crippen LogP contribution in [0.15, 0.2) is 61.1 Å². The van der Waals surface area contributed by atoms with Gasteiger partial charge in [0.15, 0.2) is 5.58 Å². The molecule has 0 unspecified atom stereocenters. The van der Waals surface area contributed by atoms with Crippen LogP contribution >= 0.6 is 11.6 Å². The molecule has 0 bridgehead atoms. The number of nitrogens with zero attached hydrogens (tertiary/aromatic N) is 1. The zero-order valence-corrected chi connectivity index (χ0v) is 13.2. The van der Waals surface area contributed by atoms with Gasteiger partial charge in [-0.05, 0) is 30.3 Å². The third kappa shape index (κ3) is 2.04. The fourth-order valence-electron chi connectivity index (χ4n) is 2.70. The van der Waals surface area contributed by atoms with E-state index in [0.717, 1.165) is 4.57 Å². The van der Waals surface area contributed by atoms with Crippen molar-refractivity contribution < 1.29 is 13.6 Å². The summed E-state index contributed by atoms with van der Waals surface area (Å²) in [6, 6.07) is 9.49. The van der Waals surface area contributed by atoms with Crippen LogP contribution in [0.1, 0.15) is 0 Å². The van der Waals surface area contributed by atoms with Crippen molar-refractivity contribution in [3.8, 4) is 11.4 Å². The van der Waals surface area contributed by atoms with Gasteiger partial charge in [-0.25, -0.2) is 9.36 Å². The number of benzene rings is 2. The van der Waals surface area contributed by atoms with Crippen LogP contribution in [-0.2, 0) is 0 Å². The summed E-state index contributed by atoms with van der Waals surface area (Å²) >= 11 is 5.85. The van der Waals surface area contributed by atoms with Crippen LogP contribution in [0.25, 0.3) is 27.6 Å². The lowest BCUT2D eigenvalue weighted by Crippen LogP contribution is -2.31. The summed E-state index contributed by atoms with van der Waals surface area (Å²) < 4.78 is 16.9. The Balaban J connectivity index is 2.17. The molecule has 0 atom stereocenters. The fourth-order valence-corrected chi connectivity index (χ4v) is 2.83. The molecule has 0 amide bonds. The number of furan rings is 1. The first-order valence-corrected chi connectivity index (χ1v) is 7.38. The molecule has 0 saturated carbocycles. The van der Waals surface area contributed by atoms with E-state index >= 15 is 0 Å². The second-order valence-corrected chi connectivity index (χ2v) is 5.54. The summed E-state index contributed by atoms with van der Waals surface area (Å²) in [4.78, 5) is 25.2. The molecule has 0 fully saturated rings. The van der Waals surface area contributed by atoms with E-state index in [9.17, 15) is 9.59 Å². The van der Waals surface area contributed by atoms with E-state index in [2.05, 4.69) is 0 Å². The molecule has 2 aromatic heterocycles. The normalized spacial score (nSPS) is 11.2. The summed E-state index contributed by atoms with van der Waals surface area (Å²) in [7, 11) is 1.44. The van der Waals surface area contributed by atoms with Crippen molar-refractivity contribution in [2.24, 2.45) is 0 Å². The highest BCUT2D eigenvalue weighted by Gasteiger charge is 2.19. The summed E-state index contributed by atoms with van der Waals surface area (Å²) in [5.41, 5.74) is 0.388. The van der Waals surface area contributed by atoms with Gasteiger partial charge in [0.2, 0.25) is 0 Å². The van der Waals surface area contributed by atoms with Crippen molar-refractivity contribution in [3.05, 3.63) is 68.6 Å². The second kappa shape index (κ2) is 5.28. The molecule has 0 aliphatic carbocycles. The van der Waals surface area contributed by atoms with E-state index in [4.69, 9.17) is 25.2 Å². The molecule has 2 heterocycles. The molecule has 6 nitrogen and oxygen atoms in total. The molecule has 4 aromatic rings. The summed E-state index contributed by atoms with van der Waals surface area (Å²) in [5, 5.41) is 1.29. The average Bonchev–Trinajstić information content (AvgIpc) is 3.02. The molecule has 0 N–H and O–H groups in total. The third-order valence-electron chi connectivity index (χ3n) is 3.76. The van der Waals surface area contributed by atoms with Crippen molar-refractivity contribution in [1.29, 1.82) is 0 Å². The second-order valence-electron chi connectivity index (χ2n) is 5.10. The van der Waals surface area contributed by atoms with Gasteiger partial charge >= 0.3 is 5.76 Å². The maximum Gasteiger partial charge on any atom is 0.427 e. The Kier molecular flexibility index (Phi) is 3.21. The summed E-state index contributed by atoms with van der Waals surface area (Å²) in [6.07, 6.45) is 1.47. The Hall–Kier alpha value is -2.99. The van der Waals surface area contributed by atoms with Gasteiger partial charge < -0.3 is 13.6 Å². The lowest BCUT2D eigenvalue weighted by atomic mass is 10.1. The van der Waals surface area contributed by atoms with Crippen molar-refractivity contribution in [3.63, 3.8) is 0 Å². The predicted octanol–water partition coefficient (Wildman–Crippen LogP) is 3.35. The molecule has 24 heavy (non-hydrogen) atoms. The number of hydrogen-bond donors (Lipinski definition) is 0. The SMILES string of the molecule is COc1c2ccoc2cc2oc(=O)n(-c3ccc(Cl)cc3)c(=O)c12. The number of aromatic nitrogens is 1. The molecule has 120 valence electrons. The predicted molar refractivity (Wildman–Crippen MR) is 89.4 cm³/mol. The Morgan fingerprint density at radius 2 is 1.83 bits per heavy atom. The van der Waals surface area contributed by atoms with Gasteiger partial charge in [0.1, 0.15) is 16.7 Å². The van der Waals surface area contributed by atoms with Gasteiger partial charge in [-0.15, -0.1) is 0 Å². The van der Waals surface area contributed by atoms with E-state index in [0.29, 0.717) is 27.4 Å². The van der Waals surface area contributed by atoms with Gasteiger partial charge in [0.25, 0.3) is 5.56 Å². The minimum absolute atomic E-state index is 0.106. The van der Waals surface area contributed by atoms with E-state index < -0.39 is 11.3 Å². The summed E-state index contributed by atoms with van der Waals surface area (Å²) in [5.74, 6) is -0.504. The molecule has 0 aliphatic heterocycles. The molecule has 2 aromatic carbocycles. The van der Waals surface area contributed by atoms with Gasteiger partial charge in [-0.1, -0.05) is 11.6 Å². The van der Waals surface area contributed by atoms with Crippen LogP contribution in [0.4, 0.5) is 0 Å². The largest absolute Gasteiger partial charge is 0.495 e. The number of fused-ring (bicyclic) bond motifs is 2. The van der Waals surface area contributed by atoms with Gasteiger partial charge in [0, 0.05) is 11.1 Å². The number of halogens is 1. The first-order chi connectivity index (χ1) is 11.6. The third-order valence-corrected chi connectivity index (χ3v) is 4.01. The standard InChI is InChI=1S/C17H10ClNO5/c1-22-15-11-6-7-23-12(11)8-13-14(15)16(20)19(17(21)24-13)10-4-2-9(18)3-5-10/h2-8H,1H3. The van der Waals surface area contributed by atoms with Crippen LogP contribution in [0.3, 0.4) is 0 Å². The molecule has 4 rings (SSSR count). The van der Waals surface area contributed by atoms with Crippen LogP contribution < -0.4 is 16.1 Å². The van der Waals surface area contributed by atoms with Crippen molar-refractivity contribution in [1.82, 2.24) is 4.57 Å². The van der Waals surface area contributed by atoms with Crippen LogP contribution in [0.5, 0.6) is 5.75 Å². The Bertz CT molecular complexity index is 1180. The summed E-state index contributed by atoms with van der Waals surface area (Å²) in [6.45, 7) is 0. The minimum atomic E-state index is -0.803. The van der Waals surface area contributed by atoms with Crippen LogP contribution in [-0.4, -0.2) is 11.7 Å². The van der Waals surface area contributed by atoms with Crippen molar-refractivity contribution in [2.45, 2.75) is 0 Å². The van der Waals surface area contributed by atoms with E-state index in [1.54, 1.807) is 30.3 Å².